The first kappa shape index (κ1) is 17.4. The highest BCUT2D eigenvalue weighted by molar-refractivity contribution is 9.10. The number of benzene rings is 1. The van der Waals surface area contributed by atoms with Crippen LogP contribution in [0.15, 0.2) is 53.3 Å². The predicted molar refractivity (Wildman–Crippen MR) is 101 cm³/mol. The minimum absolute atomic E-state index is 0.104. The van der Waals surface area contributed by atoms with Gasteiger partial charge < -0.3 is 5.32 Å². The van der Waals surface area contributed by atoms with E-state index >= 15 is 0 Å². The fourth-order valence-electron chi connectivity index (χ4n) is 2.62. The summed E-state index contributed by atoms with van der Waals surface area (Å²) in [6.45, 7) is 5.90. The number of carbonyl (C=O) groups is 1. The summed E-state index contributed by atoms with van der Waals surface area (Å²) < 4.78 is 2.86. The number of aryl methyl sites for hydroxylation is 1. The molecule has 5 nitrogen and oxygen atoms in total. The predicted octanol–water partition coefficient (Wildman–Crippen LogP) is 4.14. The summed E-state index contributed by atoms with van der Waals surface area (Å²) in [6, 6.07) is 11.1. The highest BCUT2D eigenvalue weighted by Crippen LogP contribution is 2.23. The van der Waals surface area contributed by atoms with E-state index in [-0.39, 0.29) is 11.9 Å². The smallest absolute Gasteiger partial charge is 0.251 e. The molecule has 0 saturated heterocycles. The van der Waals surface area contributed by atoms with E-state index in [0.29, 0.717) is 5.56 Å². The van der Waals surface area contributed by atoms with Crippen molar-refractivity contribution in [1.29, 1.82) is 0 Å². The zero-order valence-corrected chi connectivity index (χ0v) is 15.9. The molecule has 25 heavy (non-hydrogen) atoms. The van der Waals surface area contributed by atoms with Gasteiger partial charge in [0.25, 0.3) is 5.91 Å². The Labute approximate surface area is 155 Å². The third kappa shape index (κ3) is 3.64. The maximum Gasteiger partial charge on any atom is 0.251 e. The first-order valence-corrected chi connectivity index (χ1v) is 8.79. The number of amides is 1. The van der Waals surface area contributed by atoms with E-state index in [0.717, 1.165) is 27.1 Å². The van der Waals surface area contributed by atoms with Crippen LogP contribution in [0, 0.1) is 13.8 Å². The second-order valence-corrected chi connectivity index (χ2v) is 6.72. The van der Waals surface area contributed by atoms with Crippen LogP contribution >= 0.6 is 15.9 Å². The number of hydrogen-bond donors (Lipinski definition) is 1. The molecule has 1 aromatic carbocycles. The lowest BCUT2D eigenvalue weighted by molar-refractivity contribution is 0.0940. The van der Waals surface area contributed by atoms with Crippen LogP contribution in [0.1, 0.15) is 40.3 Å². The summed E-state index contributed by atoms with van der Waals surface area (Å²) >= 11 is 3.53. The Morgan fingerprint density at radius 2 is 1.92 bits per heavy atom. The number of hydrogen-bond acceptors (Lipinski definition) is 3. The summed E-state index contributed by atoms with van der Waals surface area (Å²) in [5.74, 6) is -0.113. The van der Waals surface area contributed by atoms with Crippen molar-refractivity contribution < 1.29 is 4.79 Å². The van der Waals surface area contributed by atoms with Crippen LogP contribution in [-0.2, 0) is 0 Å². The van der Waals surface area contributed by atoms with Gasteiger partial charge in [-0.05, 0) is 72.6 Å². The lowest BCUT2D eigenvalue weighted by Crippen LogP contribution is -2.26. The lowest BCUT2D eigenvalue weighted by atomic mass is 10.1. The Hall–Kier alpha value is -2.47. The maximum absolute atomic E-state index is 12.4. The topological polar surface area (TPSA) is 59.8 Å². The quantitative estimate of drug-likeness (QED) is 0.718. The summed E-state index contributed by atoms with van der Waals surface area (Å²) in [5, 5.41) is 7.49. The Balaban J connectivity index is 1.76. The molecule has 0 aliphatic carbocycles. The van der Waals surface area contributed by atoms with Crippen molar-refractivity contribution >= 4 is 21.8 Å². The van der Waals surface area contributed by atoms with E-state index in [4.69, 9.17) is 0 Å². The largest absolute Gasteiger partial charge is 0.345 e. The van der Waals surface area contributed by atoms with Crippen molar-refractivity contribution in [3.63, 3.8) is 0 Å². The molecule has 3 aromatic rings. The summed E-state index contributed by atoms with van der Waals surface area (Å²) in [6.07, 6.45) is 3.48. The van der Waals surface area contributed by atoms with Crippen LogP contribution in [-0.4, -0.2) is 20.7 Å². The lowest BCUT2D eigenvalue weighted by Gasteiger charge is -2.14. The van der Waals surface area contributed by atoms with Crippen molar-refractivity contribution in [3.05, 3.63) is 75.8 Å². The third-order valence-electron chi connectivity index (χ3n) is 4.11. The molecule has 128 valence electrons. The van der Waals surface area contributed by atoms with E-state index in [9.17, 15) is 4.79 Å². The number of rotatable bonds is 4. The molecular weight excluding hydrogens is 380 g/mol. The average Bonchev–Trinajstić information content (AvgIpc) is 2.90. The molecule has 0 aliphatic heterocycles. The van der Waals surface area contributed by atoms with Crippen LogP contribution in [0.25, 0.3) is 5.69 Å². The molecule has 0 saturated carbocycles. The molecule has 2 heterocycles. The molecule has 6 heteroatoms. The summed E-state index contributed by atoms with van der Waals surface area (Å²) in [4.78, 5) is 16.5. The zero-order valence-electron chi connectivity index (χ0n) is 14.3. The third-order valence-corrected chi connectivity index (χ3v) is 5.26. The van der Waals surface area contributed by atoms with E-state index in [1.807, 2.05) is 61.9 Å². The Bertz CT molecular complexity index is 888. The standard InChI is InChI=1S/C19H19BrN4O/c1-12(16-5-4-10-21-11-16)22-19(25)15-6-8-17(9-7-15)24-14(3)18(20)13(2)23-24/h4-12H,1-3H3,(H,22,25). The molecular formula is C19H19BrN4O. The molecule has 0 spiro atoms. The molecule has 1 N–H and O–H groups in total. The van der Waals surface area contributed by atoms with Gasteiger partial charge in [-0.1, -0.05) is 6.07 Å². The second kappa shape index (κ2) is 7.19. The second-order valence-electron chi connectivity index (χ2n) is 5.92. The van der Waals surface area contributed by atoms with Gasteiger partial charge in [-0.2, -0.15) is 5.10 Å². The number of halogens is 1. The van der Waals surface area contributed by atoms with Gasteiger partial charge in [0.15, 0.2) is 0 Å². The van der Waals surface area contributed by atoms with Crippen molar-refractivity contribution in [2.45, 2.75) is 26.8 Å². The molecule has 1 atom stereocenters. The molecule has 1 amide bonds. The minimum Gasteiger partial charge on any atom is -0.345 e. The molecule has 3 rings (SSSR count). The van der Waals surface area contributed by atoms with Gasteiger partial charge in [0.05, 0.1) is 27.6 Å². The van der Waals surface area contributed by atoms with E-state index in [1.54, 1.807) is 12.4 Å². The SMILES string of the molecule is Cc1nn(-c2ccc(C(=O)NC(C)c3cccnc3)cc2)c(C)c1Br. The van der Waals surface area contributed by atoms with Gasteiger partial charge in [-0.15, -0.1) is 0 Å². The number of nitrogens with one attached hydrogen (secondary N) is 1. The van der Waals surface area contributed by atoms with Crippen LogP contribution in [0.2, 0.25) is 0 Å². The van der Waals surface area contributed by atoms with Crippen molar-refractivity contribution in [3.8, 4) is 5.69 Å². The minimum atomic E-state index is -0.113. The Morgan fingerprint density at radius 1 is 1.20 bits per heavy atom. The molecule has 0 fully saturated rings. The molecule has 0 bridgehead atoms. The van der Waals surface area contributed by atoms with Gasteiger partial charge >= 0.3 is 0 Å². The Morgan fingerprint density at radius 3 is 2.48 bits per heavy atom. The van der Waals surface area contributed by atoms with Crippen molar-refractivity contribution in [1.82, 2.24) is 20.1 Å². The zero-order chi connectivity index (χ0) is 18.0. The van der Waals surface area contributed by atoms with Gasteiger partial charge in [0.1, 0.15) is 0 Å². The van der Waals surface area contributed by atoms with Gasteiger partial charge in [0, 0.05) is 18.0 Å². The van der Waals surface area contributed by atoms with Crippen molar-refractivity contribution in [2.24, 2.45) is 0 Å². The number of pyridine rings is 1. The highest BCUT2D eigenvalue weighted by Gasteiger charge is 2.13. The first-order chi connectivity index (χ1) is 12.0. The fraction of sp³-hybridized carbons (Fsp3) is 0.211. The fourth-order valence-corrected chi connectivity index (χ4v) is 2.87. The number of nitrogens with zero attached hydrogens (tertiary/aromatic N) is 3. The van der Waals surface area contributed by atoms with Crippen molar-refractivity contribution in [2.75, 3.05) is 0 Å². The van der Waals surface area contributed by atoms with Gasteiger partial charge in [0.2, 0.25) is 0 Å². The maximum atomic E-state index is 12.4. The molecule has 0 radical (unpaired) electrons. The number of aromatic nitrogens is 3. The molecule has 2 aromatic heterocycles. The van der Waals surface area contributed by atoms with Crippen LogP contribution in [0.4, 0.5) is 0 Å². The van der Waals surface area contributed by atoms with Crippen LogP contribution < -0.4 is 5.32 Å². The van der Waals surface area contributed by atoms with Gasteiger partial charge in [-0.25, -0.2) is 4.68 Å². The van der Waals surface area contributed by atoms with Crippen LogP contribution in [0.5, 0.6) is 0 Å². The normalized spacial score (nSPS) is 12.0. The van der Waals surface area contributed by atoms with E-state index < -0.39 is 0 Å². The summed E-state index contributed by atoms with van der Waals surface area (Å²) in [7, 11) is 0. The monoisotopic (exact) mass is 398 g/mol. The molecule has 1 unspecified atom stereocenters. The Kier molecular flexibility index (Phi) is 4.99. The first-order valence-electron chi connectivity index (χ1n) is 8.00. The average molecular weight is 399 g/mol. The summed E-state index contributed by atoms with van der Waals surface area (Å²) in [5.41, 5.74) is 4.47. The van der Waals surface area contributed by atoms with Crippen LogP contribution in [0.3, 0.4) is 0 Å². The highest BCUT2D eigenvalue weighted by atomic mass is 79.9. The number of carbonyl (C=O) groups excluding carboxylic acids is 1. The molecule has 0 aliphatic rings. The van der Waals surface area contributed by atoms with E-state index in [2.05, 4.69) is 31.3 Å². The van der Waals surface area contributed by atoms with Gasteiger partial charge in [-0.3, -0.25) is 9.78 Å². The van der Waals surface area contributed by atoms with E-state index in [1.165, 1.54) is 0 Å².